The van der Waals surface area contributed by atoms with E-state index in [0.717, 1.165) is 28.5 Å². The van der Waals surface area contributed by atoms with Crippen LogP contribution in [0.3, 0.4) is 0 Å². The van der Waals surface area contributed by atoms with Crippen LogP contribution in [0.4, 0.5) is 0 Å². The minimum atomic E-state index is -1.24. The van der Waals surface area contributed by atoms with Crippen molar-refractivity contribution in [1.29, 1.82) is 0 Å². The van der Waals surface area contributed by atoms with Gasteiger partial charge in [-0.3, -0.25) is 33.6 Å². The highest BCUT2D eigenvalue weighted by Crippen LogP contribution is 2.20. The third-order valence-corrected chi connectivity index (χ3v) is 9.87. The van der Waals surface area contributed by atoms with E-state index >= 15 is 0 Å². The lowest BCUT2D eigenvalue weighted by molar-refractivity contribution is -0.138. The molecule has 6 amide bonds. The Morgan fingerprint density at radius 1 is 0.672 bits per heavy atom. The molecule has 0 spiro atoms. The Hall–Kier alpha value is -5.77. The molecule has 1 saturated heterocycles. The van der Waals surface area contributed by atoms with Crippen molar-refractivity contribution in [3.63, 3.8) is 0 Å². The first kappa shape index (κ1) is 44.9. The number of carbonyl (C=O) groups excluding carboxylic acids is 6. The van der Waals surface area contributed by atoms with Gasteiger partial charge in [0.2, 0.25) is 35.4 Å². The molecule has 4 rings (SSSR count). The van der Waals surface area contributed by atoms with E-state index in [1.54, 1.807) is 6.20 Å². The minimum Gasteiger partial charge on any atom is -0.480 e. The summed E-state index contributed by atoms with van der Waals surface area (Å²) in [5, 5.41) is 29.1. The molecule has 58 heavy (non-hydrogen) atoms. The van der Waals surface area contributed by atoms with Crippen LogP contribution in [0.15, 0.2) is 60.8 Å². The van der Waals surface area contributed by atoms with Gasteiger partial charge in [0.25, 0.3) is 0 Å². The van der Waals surface area contributed by atoms with Crippen LogP contribution in [-0.4, -0.2) is 101 Å². The van der Waals surface area contributed by atoms with Crippen molar-refractivity contribution in [3.8, 4) is 0 Å². The van der Waals surface area contributed by atoms with E-state index in [1.807, 2.05) is 82.3 Å². The molecular formula is C42H58N8O8. The highest BCUT2D eigenvalue weighted by Gasteiger charge is 2.34. The molecular weight excluding hydrogens is 745 g/mol. The lowest BCUT2D eigenvalue weighted by Gasteiger charge is -2.27. The van der Waals surface area contributed by atoms with Gasteiger partial charge >= 0.3 is 5.97 Å². The molecule has 2 aromatic carbocycles. The van der Waals surface area contributed by atoms with Crippen molar-refractivity contribution >= 4 is 52.3 Å². The Kier molecular flexibility index (Phi) is 16.8. The second-order valence-corrected chi connectivity index (χ2v) is 15.7. The van der Waals surface area contributed by atoms with Crippen molar-refractivity contribution < 1.29 is 38.7 Å². The van der Waals surface area contributed by atoms with Crippen molar-refractivity contribution in [2.45, 2.75) is 109 Å². The number of H-pyrrole nitrogens is 1. The van der Waals surface area contributed by atoms with Crippen molar-refractivity contribution in [2.75, 3.05) is 13.1 Å². The van der Waals surface area contributed by atoms with Gasteiger partial charge in [-0.25, -0.2) is 0 Å². The fourth-order valence-corrected chi connectivity index (χ4v) is 6.88. The molecule has 0 saturated carbocycles. The van der Waals surface area contributed by atoms with Crippen molar-refractivity contribution in [3.05, 3.63) is 71.9 Å². The summed E-state index contributed by atoms with van der Waals surface area (Å²) in [5.74, 6) is -4.88. The Balaban J connectivity index is 1.55. The second kappa shape index (κ2) is 21.7. The number of hydrogen-bond donors (Lipinski definition) is 9. The first-order chi connectivity index (χ1) is 27.6. The maximum atomic E-state index is 14.3. The van der Waals surface area contributed by atoms with E-state index in [2.05, 4.69) is 42.2 Å². The zero-order chi connectivity index (χ0) is 42.4. The van der Waals surface area contributed by atoms with Crippen LogP contribution in [0.25, 0.3) is 10.9 Å². The van der Waals surface area contributed by atoms with Crippen molar-refractivity contribution in [2.24, 2.45) is 11.8 Å². The molecule has 1 aromatic heterocycles. The minimum absolute atomic E-state index is 0.0247. The van der Waals surface area contributed by atoms with Gasteiger partial charge in [-0.2, -0.15) is 0 Å². The average molecular weight is 803 g/mol. The lowest BCUT2D eigenvalue weighted by Crippen LogP contribution is -2.60. The van der Waals surface area contributed by atoms with E-state index in [0.29, 0.717) is 13.0 Å². The number of aliphatic carboxylic acids is 1. The Morgan fingerprint density at radius 2 is 1.24 bits per heavy atom. The summed E-state index contributed by atoms with van der Waals surface area (Å²) in [6.45, 7) is 8.94. The molecule has 2 heterocycles. The quantitative estimate of drug-likeness (QED) is 0.0757. The molecule has 16 nitrogen and oxygen atoms in total. The summed E-state index contributed by atoms with van der Waals surface area (Å²) >= 11 is 0. The number of nitrogens with one attached hydrogen (secondary N) is 8. The van der Waals surface area contributed by atoms with Gasteiger partial charge in [0.15, 0.2) is 0 Å². The predicted octanol–water partition coefficient (Wildman–Crippen LogP) is 1.44. The van der Waals surface area contributed by atoms with Crippen LogP contribution in [-0.2, 0) is 46.4 Å². The maximum absolute atomic E-state index is 14.3. The van der Waals surface area contributed by atoms with Gasteiger partial charge in [-0.15, -0.1) is 0 Å². The Labute approximate surface area is 338 Å². The number of carbonyl (C=O) groups is 7. The van der Waals surface area contributed by atoms with E-state index in [-0.39, 0.29) is 43.4 Å². The fraction of sp³-hybridized carbons (Fsp3) is 0.500. The van der Waals surface area contributed by atoms with Crippen LogP contribution in [0.2, 0.25) is 0 Å². The van der Waals surface area contributed by atoms with Crippen LogP contribution >= 0.6 is 0 Å². The van der Waals surface area contributed by atoms with Gasteiger partial charge < -0.3 is 47.3 Å². The monoisotopic (exact) mass is 802 g/mol. The third-order valence-electron chi connectivity index (χ3n) is 9.87. The van der Waals surface area contributed by atoms with Crippen LogP contribution in [0.1, 0.15) is 71.4 Å². The van der Waals surface area contributed by atoms with Crippen LogP contribution < -0.4 is 37.2 Å². The molecule has 6 atom stereocenters. The van der Waals surface area contributed by atoms with Crippen LogP contribution in [0, 0.1) is 11.8 Å². The molecule has 1 fully saturated rings. The summed E-state index contributed by atoms with van der Waals surface area (Å²) < 4.78 is 0. The predicted molar refractivity (Wildman–Crippen MR) is 218 cm³/mol. The largest absolute Gasteiger partial charge is 0.480 e. The number of benzene rings is 2. The first-order valence-corrected chi connectivity index (χ1v) is 19.9. The molecule has 314 valence electrons. The summed E-state index contributed by atoms with van der Waals surface area (Å²) in [6.07, 6.45) is 3.86. The van der Waals surface area contributed by atoms with Crippen LogP contribution in [0.5, 0.6) is 0 Å². The van der Waals surface area contributed by atoms with Gasteiger partial charge in [0, 0.05) is 29.9 Å². The number of hydrogen-bond acceptors (Lipinski definition) is 8. The van der Waals surface area contributed by atoms with Gasteiger partial charge in [-0.05, 0) is 68.2 Å². The highest BCUT2D eigenvalue weighted by molar-refractivity contribution is 5.97. The molecule has 1 aliphatic rings. The molecule has 16 heteroatoms. The zero-order valence-corrected chi connectivity index (χ0v) is 33.9. The average Bonchev–Trinajstić information content (AvgIpc) is 3.87. The topological polar surface area (TPSA) is 240 Å². The zero-order valence-electron chi connectivity index (χ0n) is 33.9. The van der Waals surface area contributed by atoms with Gasteiger partial charge in [-0.1, -0.05) is 76.2 Å². The lowest BCUT2D eigenvalue weighted by atomic mass is 9.99. The number of fused-ring (bicyclic) bond motifs is 1. The van der Waals surface area contributed by atoms with E-state index < -0.39 is 78.3 Å². The molecule has 0 radical (unpaired) electrons. The molecule has 9 N–H and O–H groups in total. The Morgan fingerprint density at radius 3 is 1.86 bits per heavy atom. The number of aromatic amines is 1. The third kappa shape index (κ3) is 13.7. The first-order valence-electron chi connectivity index (χ1n) is 19.9. The smallest absolute Gasteiger partial charge is 0.322 e. The number of amides is 6. The maximum Gasteiger partial charge on any atom is 0.322 e. The SMILES string of the molecule is CC(C)C[C@H](NC(=O)[C@H](C)NC(=O)[C@H](CC(C)C)NC(=O)[C@H](Cc1c[nH]c2ccccc12)NC(=O)[C@H](Cc1ccccc1)NC(=O)[C@@H]1CCCN1)C(=O)NCC(=O)O. The molecule has 1 aliphatic heterocycles. The number of carboxylic acids is 1. The normalized spacial score (nSPS) is 16.4. The second-order valence-electron chi connectivity index (χ2n) is 15.7. The molecule has 0 bridgehead atoms. The van der Waals surface area contributed by atoms with E-state index in [9.17, 15) is 33.6 Å². The molecule has 0 unspecified atom stereocenters. The molecule has 0 aliphatic carbocycles. The van der Waals surface area contributed by atoms with E-state index in [1.165, 1.54) is 6.92 Å². The highest BCUT2D eigenvalue weighted by atomic mass is 16.4. The van der Waals surface area contributed by atoms with Gasteiger partial charge in [0.05, 0.1) is 6.04 Å². The summed E-state index contributed by atoms with van der Waals surface area (Å²) in [6, 6.07) is 10.8. The fourth-order valence-electron chi connectivity index (χ4n) is 6.88. The number of rotatable bonds is 21. The standard InChI is InChI=1S/C42H58N8O8/c1-24(2)18-32(38(54)45-23-36(51)52)47-37(53)26(5)46-40(56)33(19-25(3)4)48-42(58)35(21-28-22-44-30-15-10-9-14-29(28)30)50-41(57)34(20-27-12-7-6-8-13-27)49-39(55)31-16-11-17-43-31/h6-10,12-15,22,24-26,31-35,43-44H,11,16-21,23H2,1-5H3,(H,45,54)(H,46,56)(H,47,53)(H,48,58)(H,49,55)(H,50,57)(H,51,52)/t26-,31-,32-,33-,34-,35-/m0/s1. The Bertz CT molecular complexity index is 1890. The number of carboxylic acid groups (broad SMARTS) is 1. The molecule has 3 aromatic rings. The number of para-hydroxylation sites is 1. The summed E-state index contributed by atoms with van der Waals surface area (Å²) in [5.41, 5.74) is 2.39. The van der Waals surface area contributed by atoms with Crippen molar-refractivity contribution in [1.82, 2.24) is 42.2 Å². The number of aromatic nitrogens is 1. The van der Waals surface area contributed by atoms with E-state index in [4.69, 9.17) is 5.11 Å². The van der Waals surface area contributed by atoms with Gasteiger partial charge in [0.1, 0.15) is 36.8 Å². The summed E-state index contributed by atoms with van der Waals surface area (Å²) in [7, 11) is 0. The summed E-state index contributed by atoms with van der Waals surface area (Å²) in [4.78, 5) is 95.7.